The first kappa shape index (κ1) is 18.2. The highest BCUT2D eigenvalue weighted by molar-refractivity contribution is 8.00. The molecule has 2 aromatic heterocycles. The van der Waals surface area contributed by atoms with E-state index < -0.39 is 9.84 Å². The summed E-state index contributed by atoms with van der Waals surface area (Å²) in [4.78, 5) is 24.1. The number of thiophene rings is 1. The molecule has 3 heterocycles. The summed E-state index contributed by atoms with van der Waals surface area (Å²) in [6, 6.07) is -0.270. The molecule has 1 aliphatic heterocycles. The Morgan fingerprint density at radius 3 is 2.88 bits per heavy atom. The molecule has 1 saturated heterocycles. The quantitative estimate of drug-likeness (QED) is 0.613. The van der Waals surface area contributed by atoms with Crippen molar-refractivity contribution in [1.29, 1.82) is 0 Å². The van der Waals surface area contributed by atoms with E-state index >= 15 is 0 Å². The van der Waals surface area contributed by atoms with E-state index in [2.05, 4.69) is 15.3 Å². The minimum atomic E-state index is -3.00. The third-order valence-corrected chi connectivity index (χ3v) is 8.92. The molecule has 1 amide bonds. The number of thioether (sulfide) groups is 1. The van der Waals surface area contributed by atoms with Gasteiger partial charge < -0.3 is 5.32 Å². The zero-order valence-electron chi connectivity index (χ0n) is 14.7. The number of carbonyl (C=O) groups is 1. The topological polar surface area (TPSA) is 89.0 Å². The van der Waals surface area contributed by atoms with E-state index in [9.17, 15) is 13.2 Å². The average Bonchev–Trinajstić information content (AvgIpc) is 3.20. The SMILES string of the molecule is Cc1nc(S[C@@H](C)C(=O)N[C@H]2CCS(=O)(=O)C2)c2c3c(sc2n1)CCC3. The molecule has 1 fully saturated rings. The number of hydrogen-bond donors (Lipinski definition) is 1. The highest BCUT2D eigenvalue weighted by Crippen LogP contribution is 2.41. The Kier molecular flexibility index (Phi) is 4.73. The minimum Gasteiger partial charge on any atom is -0.351 e. The molecule has 2 atom stereocenters. The largest absolute Gasteiger partial charge is 0.351 e. The number of hydrogen-bond acceptors (Lipinski definition) is 7. The molecule has 0 saturated carbocycles. The fourth-order valence-corrected chi connectivity index (χ4v) is 7.67. The molecule has 4 rings (SSSR count). The molecule has 2 aromatic rings. The summed E-state index contributed by atoms with van der Waals surface area (Å²) in [6.07, 6.45) is 3.82. The van der Waals surface area contributed by atoms with Crippen LogP contribution in [-0.4, -0.2) is 47.1 Å². The summed E-state index contributed by atoms with van der Waals surface area (Å²) in [7, 11) is -3.00. The summed E-state index contributed by atoms with van der Waals surface area (Å²) in [5.74, 6) is 0.792. The van der Waals surface area contributed by atoms with Gasteiger partial charge in [-0.2, -0.15) is 0 Å². The molecular weight excluding hydrogens is 390 g/mol. The van der Waals surface area contributed by atoms with Gasteiger partial charge in [0.1, 0.15) is 15.7 Å². The summed E-state index contributed by atoms with van der Waals surface area (Å²) < 4.78 is 23.1. The van der Waals surface area contributed by atoms with Gasteiger partial charge >= 0.3 is 0 Å². The molecule has 1 aliphatic carbocycles. The molecule has 0 spiro atoms. The van der Waals surface area contributed by atoms with E-state index in [1.54, 1.807) is 11.3 Å². The Bertz CT molecular complexity index is 984. The first-order valence-electron chi connectivity index (χ1n) is 8.79. The maximum atomic E-state index is 12.5. The Morgan fingerprint density at radius 1 is 1.35 bits per heavy atom. The van der Waals surface area contributed by atoms with Crippen LogP contribution in [0, 0.1) is 6.92 Å². The number of aryl methyl sites for hydroxylation is 3. The second-order valence-electron chi connectivity index (χ2n) is 6.98. The van der Waals surface area contributed by atoms with E-state index in [4.69, 9.17) is 0 Å². The van der Waals surface area contributed by atoms with Gasteiger partial charge in [0.25, 0.3) is 0 Å². The van der Waals surface area contributed by atoms with Crippen molar-refractivity contribution < 1.29 is 13.2 Å². The van der Waals surface area contributed by atoms with Crippen LogP contribution in [0.3, 0.4) is 0 Å². The van der Waals surface area contributed by atoms with Crippen molar-refractivity contribution in [1.82, 2.24) is 15.3 Å². The second kappa shape index (κ2) is 6.76. The van der Waals surface area contributed by atoms with E-state index in [-0.39, 0.29) is 28.7 Å². The van der Waals surface area contributed by atoms with Crippen LogP contribution in [0.4, 0.5) is 0 Å². The Morgan fingerprint density at radius 2 is 2.15 bits per heavy atom. The van der Waals surface area contributed by atoms with E-state index in [0.717, 1.165) is 33.9 Å². The van der Waals surface area contributed by atoms with Gasteiger partial charge in [0, 0.05) is 16.3 Å². The number of carbonyl (C=O) groups excluding carboxylic acids is 1. The smallest absolute Gasteiger partial charge is 0.233 e. The van der Waals surface area contributed by atoms with Crippen LogP contribution in [0.15, 0.2) is 5.03 Å². The third-order valence-electron chi connectivity index (χ3n) is 4.88. The van der Waals surface area contributed by atoms with Gasteiger partial charge in [0.15, 0.2) is 9.84 Å². The first-order valence-corrected chi connectivity index (χ1v) is 12.3. The predicted octanol–water partition coefficient (Wildman–Crippen LogP) is 2.27. The lowest BCUT2D eigenvalue weighted by Crippen LogP contribution is -2.39. The second-order valence-corrected chi connectivity index (χ2v) is 11.6. The fraction of sp³-hybridized carbons (Fsp3) is 0.588. The van der Waals surface area contributed by atoms with Crippen LogP contribution in [-0.2, 0) is 27.5 Å². The number of aromatic nitrogens is 2. The Hall–Kier alpha value is -1.19. The predicted molar refractivity (Wildman–Crippen MR) is 105 cm³/mol. The number of fused-ring (bicyclic) bond motifs is 3. The first-order chi connectivity index (χ1) is 12.3. The van der Waals surface area contributed by atoms with Gasteiger partial charge in [0.2, 0.25) is 5.91 Å². The standard InChI is InChI=1S/C17H21N3O3S3/c1-9(15(21)20-11-6-7-26(22,23)8-11)24-16-14-12-4-3-5-13(12)25-17(14)19-10(2)18-16/h9,11H,3-8H2,1-2H3,(H,20,21)/t9-,11-/m0/s1. The van der Waals surface area contributed by atoms with Gasteiger partial charge in [-0.3, -0.25) is 4.79 Å². The zero-order chi connectivity index (χ0) is 18.5. The minimum absolute atomic E-state index is 0.0467. The van der Waals surface area contributed by atoms with Crippen molar-refractivity contribution in [3.63, 3.8) is 0 Å². The van der Waals surface area contributed by atoms with Crippen molar-refractivity contribution >= 4 is 49.1 Å². The lowest BCUT2D eigenvalue weighted by atomic mass is 10.2. The summed E-state index contributed by atoms with van der Waals surface area (Å²) in [5.41, 5.74) is 1.35. The molecule has 0 unspecified atom stereocenters. The third kappa shape index (κ3) is 3.48. The molecule has 2 aliphatic rings. The molecule has 26 heavy (non-hydrogen) atoms. The molecule has 0 radical (unpaired) electrons. The Labute approximate surface area is 161 Å². The average molecular weight is 412 g/mol. The Balaban J connectivity index is 1.54. The summed E-state index contributed by atoms with van der Waals surface area (Å²) >= 11 is 3.19. The van der Waals surface area contributed by atoms with Crippen LogP contribution >= 0.6 is 23.1 Å². The van der Waals surface area contributed by atoms with Crippen LogP contribution in [0.5, 0.6) is 0 Å². The zero-order valence-corrected chi connectivity index (χ0v) is 17.2. The number of amides is 1. The van der Waals surface area contributed by atoms with Crippen LogP contribution in [0.25, 0.3) is 10.2 Å². The molecule has 0 bridgehead atoms. The number of nitrogens with one attached hydrogen (secondary N) is 1. The van der Waals surface area contributed by atoms with Crippen LogP contribution in [0.1, 0.15) is 36.0 Å². The monoisotopic (exact) mass is 411 g/mol. The lowest BCUT2D eigenvalue weighted by Gasteiger charge is -2.16. The van der Waals surface area contributed by atoms with Crippen molar-refractivity contribution in [3.8, 4) is 0 Å². The van der Waals surface area contributed by atoms with Crippen molar-refractivity contribution in [2.24, 2.45) is 0 Å². The highest BCUT2D eigenvalue weighted by Gasteiger charge is 2.31. The van der Waals surface area contributed by atoms with E-state index in [1.807, 2.05) is 13.8 Å². The molecule has 9 heteroatoms. The van der Waals surface area contributed by atoms with Gasteiger partial charge in [-0.25, -0.2) is 18.4 Å². The normalized spacial score (nSPS) is 22.5. The molecule has 1 N–H and O–H groups in total. The van der Waals surface area contributed by atoms with Gasteiger partial charge in [-0.1, -0.05) is 11.8 Å². The maximum Gasteiger partial charge on any atom is 0.233 e. The highest BCUT2D eigenvalue weighted by atomic mass is 32.2. The number of sulfone groups is 1. The molecular formula is C17H21N3O3S3. The molecule has 0 aromatic carbocycles. The summed E-state index contributed by atoms with van der Waals surface area (Å²) in [6.45, 7) is 3.72. The van der Waals surface area contributed by atoms with E-state index in [0.29, 0.717) is 6.42 Å². The lowest BCUT2D eigenvalue weighted by molar-refractivity contribution is -0.120. The van der Waals surface area contributed by atoms with Gasteiger partial charge in [-0.05, 0) is 45.1 Å². The summed E-state index contributed by atoms with van der Waals surface area (Å²) in [5, 5.41) is 4.52. The fourth-order valence-electron chi connectivity index (χ4n) is 3.60. The van der Waals surface area contributed by atoms with Gasteiger partial charge in [-0.15, -0.1) is 11.3 Å². The number of rotatable bonds is 4. The molecule has 6 nitrogen and oxygen atoms in total. The van der Waals surface area contributed by atoms with Gasteiger partial charge in [0.05, 0.1) is 16.8 Å². The van der Waals surface area contributed by atoms with Crippen molar-refractivity contribution in [2.45, 2.75) is 55.8 Å². The van der Waals surface area contributed by atoms with Crippen molar-refractivity contribution in [3.05, 3.63) is 16.3 Å². The van der Waals surface area contributed by atoms with Crippen LogP contribution in [0.2, 0.25) is 0 Å². The van der Waals surface area contributed by atoms with Crippen molar-refractivity contribution in [2.75, 3.05) is 11.5 Å². The van der Waals surface area contributed by atoms with Crippen LogP contribution < -0.4 is 5.32 Å². The molecule has 140 valence electrons. The number of nitrogens with zero attached hydrogens (tertiary/aromatic N) is 2. The maximum absolute atomic E-state index is 12.5. The van der Waals surface area contributed by atoms with E-state index in [1.165, 1.54) is 28.6 Å².